The average molecular weight is 221 g/mol. The second-order valence-electron chi connectivity index (χ2n) is 2.65. The van der Waals surface area contributed by atoms with E-state index < -0.39 is 17.6 Å². The van der Waals surface area contributed by atoms with Gasteiger partial charge in [-0.05, 0) is 17.7 Å². The van der Waals surface area contributed by atoms with Gasteiger partial charge in [-0.25, -0.2) is 4.98 Å². The molecule has 0 saturated heterocycles. The number of alkyl halides is 3. The van der Waals surface area contributed by atoms with E-state index in [0.29, 0.717) is 0 Å². The maximum absolute atomic E-state index is 12.3. The molecule has 0 unspecified atom stereocenters. The summed E-state index contributed by atoms with van der Waals surface area (Å²) in [4.78, 5) is 14.5. The van der Waals surface area contributed by atoms with Gasteiger partial charge in [0.05, 0.1) is 0 Å². The third-order valence-electron chi connectivity index (χ3n) is 1.59. The number of anilines is 1. The van der Waals surface area contributed by atoms with Gasteiger partial charge in [0.25, 0.3) is 0 Å². The molecular formula is C8H7ClF2N2O. The Hall–Kier alpha value is -1.23. The fourth-order valence-electron chi connectivity index (χ4n) is 0.873. The number of nitrogens with two attached hydrogens (primary N) is 1. The number of pyridine rings is 1. The van der Waals surface area contributed by atoms with Gasteiger partial charge < -0.3 is 5.73 Å². The van der Waals surface area contributed by atoms with E-state index in [1.807, 2.05) is 0 Å². The molecule has 0 aliphatic rings. The Morgan fingerprint density at radius 3 is 2.79 bits per heavy atom. The van der Waals surface area contributed by atoms with Crippen molar-refractivity contribution in [2.75, 3.05) is 5.73 Å². The fraction of sp³-hybridized carbons (Fsp3) is 0.250. The maximum Gasteiger partial charge on any atom is 0.380 e. The van der Waals surface area contributed by atoms with Crippen LogP contribution in [0.25, 0.3) is 0 Å². The minimum atomic E-state index is -3.84. The number of ketones is 1. The van der Waals surface area contributed by atoms with Crippen molar-refractivity contribution in [2.24, 2.45) is 0 Å². The van der Waals surface area contributed by atoms with Crippen LogP contribution in [0, 0.1) is 0 Å². The number of rotatable bonds is 3. The van der Waals surface area contributed by atoms with Crippen molar-refractivity contribution >= 4 is 23.2 Å². The SMILES string of the molecule is Nc1ncccc1CC(=O)C(F)(F)Cl. The van der Waals surface area contributed by atoms with Crippen LogP contribution in [0.3, 0.4) is 0 Å². The van der Waals surface area contributed by atoms with Crippen LogP contribution in [0.15, 0.2) is 18.3 Å². The summed E-state index contributed by atoms with van der Waals surface area (Å²) in [6.07, 6.45) is 0.887. The van der Waals surface area contributed by atoms with E-state index in [9.17, 15) is 13.6 Å². The summed E-state index contributed by atoms with van der Waals surface area (Å²) in [5.74, 6) is -1.33. The van der Waals surface area contributed by atoms with E-state index in [1.54, 1.807) is 0 Å². The zero-order valence-electron chi connectivity index (χ0n) is 7.01. The Labute approximate surface area is 83.9 Å². The number of hydrogen-bond acceptors (Lipinski definition) is 3. The minimum absolute atomic E-state index is 0.0572. The highest BCUT2D eigenvalue weighted by Crippen LogP contribution is 2.22. The molecule has 1 heterocycles. The molecule has 0 spiro atoms. The molecule has 0 aliphatic carbocycles. The van der Waals surface area contributed by atoms with Crippen LogP contribution in [0.1, 0.15) is 5.56 Å². The molecule has 0 saturated carbocycles. The van der Waals surface area contributed by atoms with E-state index >= 15 is 0 Å². The Morgan fingerprint density at radius 1 is 1.64 bits per heavy atom. The molecule has 3 nitrogen and oxygen atoms in total. The average Bonchev–Trinajstić information content (AvgIpc) is 2.07. The first-order valence-electron chi connectivity index (χ1n) is 3.70. The van der Waals surface area contributed by atoms with Crippen molar-refractivity contribution in [3.63, 3.8) is 0 Å². The monoisotopic (exact) mass is 220 g/mol. The smallest absolute Gasteiger partial charge is 0.380 e. The zero-order chi connectivity index (χ0) is 10.8. The topological polar surface area (TPSA) is 56.0 Å². The summed E-state index contributed by atoms with van der Waals surface area (Å²) >= 11 is 4.54. The molecule has 0 aliphatic heterocycles. The van der Waals surface area contributed by atoms with Gasteiger partial charge in [-0.3, -0.25) is 4.79 Å². The van der Waals surface area contributed by atoms with Crippen LogP contribution >= 0.6 is 11.6 Å². The molecule has 76 valence electrons. The first-order chi connectivity index (χ1) is 6.41. The first-order valence-corrected chi connectivity index (χ1v) is 4.08. The van der Waals surface area contributed by atoms with Gasteiger partial charge in [-0.1, -0.05) is 6.07 Å². The normalized spacial score (nSPS) is 11.4. The maximum atomic E-state index is 12.3. The predicted molar refractivity (Wildman–Crippen MR) is 48.2 cm³/mol. The van der Waals surface area contributed by atoms with Gasteiger partial charge >= 0.3 is 5.38 Å². The molecule has 2 N–H and O–H groups in total. The summed E-state index contributed by atoms with van der Waals surface area (Å²) < 4.78 is 24.6. The molecule has 1 aromatic rings. The number of hydrogen-bond donors (Lipinski definition) is 1. The molecule has 0 radical (unpaired) electrons. The highest BCUT2D eigenvalue weighted by molar-refractivity contribution is 6.32. The molecule has 6 heteroatoms. The Morgan fingerprint density at radius 2 is 2.29 bits per heavy atom. The van der Waals surface area contributed by atoms with Gasteiger partial charge in [-0.15, -0.1) is 0 Å². The predicted octanol–water partition coefficient (Wildman–Crippen LogP) is 1.61. The third-order valence-corrected chi connectivity index (χ3v) is 1.80. The molecule has 1 rings (SSSR count). The number of aromatic nitrogens is 1. The Balaban J connectivity index is 2.80. The number of carbonyl (C=O) groups excluding carboxylic acids is 1. The summed E-state index contributed by atoms with van der Waals surface area (Å²) in [7, 11) is 0. The number of Topliss-reactive ketones (excluding diaryl/α,β-unsaturated/α-hetero) is 1. The minimum Gasteiger partial charge on any atom is -0.383 e. The lowest BCUT2D eigenvalue weighted by atomic mass is 10.1. The molecule has 0 amide bonds. The van der Waals surface area contributed by atoms with Crippen LogP contribution < -0.4 is 5.73 Å². The van der Waals surface area contributed by atoms with Crippen LogP contribution in [0.4, 0.5) is 14.6 Å². The molecule has 0 atom stereocenters. The number of nitrogens with zero attached hydrogens (tertiary/aromatic N) is 1. The standard InChI is InChI=1S/C8H7ClF2N2O/c9-8(10,11)6(14)4-5-2-1-3-13-7(5)12/h1-3H,4H2,(H2,12,13). The highest BCUT2D eigenvalue weighted by atomic mass is 35.5. The van der Waals surface area contributed by atoms with Crippen LogP contribution in [0.5, 0.6) is 0 Å². The van der Waals surface area contributed by atoms with Gasteiger partial charge in [0, 0.05) is 18.2 Å². The summed E-state index contributed by atoms with van der Waals surface area (Å²) in [5.41, 5.74) is 5.61. The molecular weight excluding hydrogens is 214 g/mol. The zero-order valence-corrected chi connectivity index (χ0v) is 7.76. The third kappa shape index (κ3) is 2.63. The van der Waals surface area contributed by atoms with Crippen LogP contribution in [-0.4, -0.2) is 16.1 Å². The number of nitrogen functional groups attached to an aromatic ring is 1. The molecule has 0 aromatic carbocycles. The van der Waals surface area contributed by atoms with Gasteiger partial charge in [0.1, 0.15) is 5.82 Å². The quantitative estimate of drug-likeness (QED) is 0.788. The molecule has 1 aromatic heterocycles. The number of halogens is 3. The molecule has 14 heavy (non-hydrogen) atoms. The first kappa shape index (κ1) is 10.8. The highest BCUT2D eigenvalue weighted by Gasteiger charge is 2.35. The largest absolute Gasteiger partial charge is 0.383 e. The lowest BCUT2D eigenvalue weighted by molar-refractivity contribution is -0.132. The van der Waals surface area contributed by atoms with E-state index in [-0.39, 0.29) is 11.4 Å². The lowest BCUT2D eigenvalue weighted by Gasteiger charge is -2.07. The summed E-state index contributed by atoms with van der Waals surface area (Å²) in [6, 6.07) is 2.95. The Kier molecular flexibility index (Phi) is 3.00. The van der Waals surface area contributed by atoms with Crippen LogP contribution in [-0.2, 0) is 11.2 Å². The summed E-state index contributed by atoms with van der Waals surface area (Å²) in [6.45, 7) is 0. The summed E-state index contributed by atoms with van der Waals surface area (Å²) in [5, 5.41) is -3.84. The molecule has 0 fully saturated rings. The van der Waals surface area contributed by atoms with Crippen molar-refractivity contribution in [3.8, 4) is 0 Å². The second kappa shape index (κ2) is 3.88. The van der Waals surface area contributed by atoms with E-state index in [2.05, 4.69) is 16.6 Å². The Bertz CT molecular complexity index is 351. The van der Waals surface area contributed by atoms with Crippen molar-refractivity contribution < 1.29 is 13.6 Å². The second-order valence-corrected chi connectivity index (χ2v) is 3.12. The van der Waals surface area contributed by atoms with Gasteiger partial charge in [0.2, 0.25) is 5.78 Å². The van der Waals surface area contributed by atoms with Crippen molar-refractivity contribution in [3.05, 3.63) is 23.9 Å². The van der Waals surface area contributed by atoms with Gasteiger partial charge in [0.15, 0.2) is 0 Å². The lowest BCUT2D eigenvalue weighted by Crippen LogP contribution is -2.23. The van der Waals surface area contributed by atoms with Gasteiger partial charge in [-0.2, -0.15) is 8.78 Å². The fourth-order valence-corrected chi connectivity index (χ4v) is 0.940. The molecule has 0 bridgehead atoms. The van der Waals surface area contributed by atoms with E-state index in [1.165, 1.54) is 18.3 Å². The van der Waals surface area contributed by atoms with E-state index in [4.69, 9.17) is 5.73 Å². The van der Waals surface area contributed by atoms with Crippen molar-refractivity contribution in [1.29, 1.82) is 0 Å². The number of carbonyl (C=O) groups is 1. The van der Waals surface area contributed by atoms with Crippen LogP contribution in [0.2, 0.25) is 0 Å². The van der Waals surface area contributed by atoms with Crippen molar-refractivity contribution in [1.82, 2.24) is 4.98 Å². The van der Waals surface area contributed by atoms with E-state index in [0.717, 1.165) is 0 Å². The van der Waals surface area contributed by atoms with Crippen molar-refractivity contribution in [2.45, 2.75) is 11.8 Å².